The fourth-order valence-electron chi connectivity index (χ4n) is 1.18. The highest BCUT2D eigenvalue weighted by Crippen LogP contribution is 2.04. The molecule has 0 fully saturated rings. The van der Waals surface area contributed by atoms with E-state index in [0.29, 0.717) is 19.5 Å². The van der Waals surface area contributed by atoms with E-state index >= 15 is 0 Å². The van der Waals surface area contributed by atoms with Gasteiger partial charge in [0.1, 0.15) is 0 Å². The van der Waals surface area contributed by atoms with Gasteiger partial charge in [0.05, 0.1) is 17.6 Å². The molecule has 1 amide bonds. The quantitative estimate of drug-likeness (QED) is 0.689. The van der Waals surface area contributed by atoms with Gasteiger partial charge in [0.15, 0.2) is 0 Å². The summed E-state index contributed by atoms with van der Waals surface area (Å²) in [5.74, 6) is 0.0562. The first-order valence-electron chi connectivity index (χ1n) is 4.64. The molecule has 0 atom stereocenters. The van der Waals surface area contributed by atoms with Crippen LogP contribution in [-0.4, -0.2) is 28.9 Å². The second kappa shape index (κ2) is 6.14. The normalized spacial score (nSPS) is 9.60. The van der Waals surface area contributed by atoms with Crippen LogP contribution in [0.25, 0.3) is 0 Å². The van der Waals surface area contributed by atoms with E-state index in [1.807, 2.05) is 5.38 Å². The molecular formula is C11H14N2OS. The molecule has 0 bridgehead atoms. The molecule has 0 unspecified atom stereocenters. The number of nitrogens with zero attached hydrogens (tertiary/aromatic N) is 2. The molecule has 0 aliphatic heterocycles. The maximum absolute atomic E-state index is 11.8. The summed E-state index contributed by atoms with van der Waals surface area (Å²) in [6.45, 7) is 8.34. The van der Waals surface area contributed by atoms with Crippen molar-refractivity contribution in [1.29, 1.82) is 0 Å². The topological polar surface area (TPSA) is 33.2 Å². The van der Waals surface area contributed by atoms with Gasteiger partial charge in [-0.15, -0.1) is 24.5 Å². The van der Waals surface area contributed by atoms with Gasteiger partial charge in [0, 0.05) is 18.5 Å². The van der Waals surface area contributed by atoms with Gasteiger partial charge >= 0.3 is 0 Å². The van der Waals surface area contributed by atoms with Crippen LogP contribution in [0.4, 0.5) is 0 Å². The van der Waals surface area contributed by atoms with Crippen molar-refractivity contribution in [3.8, 4) is 0 Å². The highest BCUT2D eigenvalue weighted by molar-refractivity contribution is 7.07. The number of hydrogen-bond acceptors (Lipinski definition) is 3. The molecule has 0 radical (unpaired) electrons. The largest absolute Gasteiger partial charge is 0.335 e. The Morgan fingerprint density at radius 1 is 1.47 bits per heavy atom. The second-order valence-electron chi connectivity index (χ2n) is 3.03. The minimum absolute atomic E-state index is 0.0562. The first kappa shape index (κ1) is 11.7. The zero-order chi connectivity index (χ0) is 11.1. The minimum Gasteiger partial charge on any atom is -0.335 e. The van der Waals surface area contributed by atoms with Crippen LogP contribution in [0, 0.1) is 0 Å². The van der Waals surface area contributed by atoms with E-state index in [9.17, 15) is 4.79 Å². The van der Waals surface area contributed by atoms with Crippen molar-refractivity contribution < 1.29 is 4.79 Å². The average molecular weight is 222 g/mol. The lowest BCUT2D eigenvalue weighted by Gasteiger charge is -2.18. The Kier molecular flexibility index (Phi) is 4.77. The molecule has 0 aliphatic carbocycles. The first-order valence-corrected chi connectivity index (χ1v) is 5.58. The SMILES string of the molecule is C=CCN(CC=C)C(=O)Cc1cscn1. The van der Waals surface area contributed by atoms with E-state index in [-0.39, 0.29) is 5.91 Å². The van der Waals surface area contributed by atoms with Gasteiger partial charge in [-0.05, 0) is 0 Å². The predicted octanol–water partition coefficient (Wildman–Crippen LogP) is 1.89. The van der Waals surface area contributed by atoms with Gasteiger partial charge in [0.25, 0.3) is 0 Å². The van der Waals surface area contributed by atoms with Gasteiger partial charge in [-0.1, -0.05) is 12.2 Å². The lowest BCUT2D eigenvalue weighted by Crippen LogP contribution is -2.32. The number of rotatable bonds is 6. The minimum atomic E-state index is 0.0562. The molecule has 0 saturated heterocycles. The van der Waals surface area contributed by atoms with E-state index < -0.39 is 0 Å². The standard InChI is InChI=1S/C11H14N2OS/c1-3-5-13(6-4-2)11(14)7-10-8-15-9-12-10/h3-4,8-9H,1-2,5-7H2. The Hall–Kier alpha value is -1.42. The van der Waals surface area contributed by atoms with Gasteiger partial charge in [-0.2, -0.15) is 0 Å². The summed E-state index contributed by atoms with van der Waals surface area (Å²) in [5.41, 5.74) is 2.55. The van der Waals surface area contributed by atoms with Crippen LogP contribution in [-0.2, 0) is 11.2 Å². The van der Waals surface area contributed by atoms with E-state index in [2.05, 4.69) is 18.1 Å². The van der Waals surface area contributed by atoms with Crippen LogP contribution in [0.15, 0.2) is 36.2 Å². The van der Waals surface area contributed by atoms with Gasteiger partial charge in [-0.25, -0.2) is 4.98 Å². The van der Waals surface area contributed by atoms with E-state index in [4.69, 9.17) is 0 Å². The van der Waals surface area contributed by atoms with Crippen molar-refractivity contribution in [3.05, 3.63) is 41.9 Å². The van der Waals surface area contributed by atoms with Crippen molar-refractivity contribution in [2.75, 3.05) is 13.1 Å². The smallest absolute Gasteiger partial charge is 0.229 e. The molecule has 4 heteroatoms. The predicted molar refractivity (Wildman–Crippen MR) is 62.8 cm³/mol. The molecule has 0 saturated carbocycles. The van der Waals surface area contributed by atoms with Gasteiger partial charge < -0.3 is 4.90 Å². The van der Waals surface area contributed by atoms with Crippen LogP contribution in [0.3, 0.4) is 0 Å². The molecule has 1 aromatic rings. The summed E-state index contributed by atoms with van der Waals surface area (Å²) in [6.07, 6.45) is 3.77. The van der Waals surface area contributed by atoms with Crippen LogP contribution in [0.2, 0.25) is 0 Å². The molecular weight excluding hydrogens is 208 g/mol. The van der Waals surface area contributed by atoms with E-state index in [0.717, 1.165) is 5.69 Å². The Bertz CT molecular complexity index is 322. The Morgan fingerprint density at radius 3 is 2.60 bits per heavy atom. The van der Waals surface area contributed by atoms with Crippen molar-refractivity contribution in [2.24, 2.45) is 0 Å². The molecule has 15 heavy (non-hydrogen) atoms. The van der Waals surface area contributed by atoms with Crippen molar-refractivity contribution in [3.63, 3.8) is 0 Å². The fourth-order valence-corrected chi connectivity index (χ4v) is 1.74. The van der Waals surface area contributed by atoms with Crippen LogP contribution >= 0.6 is 11.3 Å². The molecule has 0 spiro atoms. The summed E-state index contributed by atoms with van der Waals surface area (Å²) in [4.78, 5) is 17.6. The summed E-state index contributed by atoms with van der Waals surface area (Å²) in [6, 6.07) is 0. The lowest BCUT2D eigenvalue weighted by atomic mass is 10.3. The number of hydrogen-bond donors (Lipinski definition) is 0. The van der Waals surface area contributed by atoms with Crippen molar-refractivity contribution in [2.45, 2.75) is 6.42 Å². The van der Waals surface area contributed by atoms with Gasteiger partial charge in [-0.3, -0.25) is 4.79 Å². The number of carbonyl (C=O) groups is 1. The van der Waals surface area contributed by atoms with E-state index in [1.54, 1.807) is 22.6 Å². The lowest BCUT2D eigenvalue weighted by molar-refractivity contribution is -0.129. The third-order valence-corrected chi connectivity index (χ3v) is 2.50. The molecule has 3 nitrogen and oxygen atoms in total. The Morgan fingerprint density at radius 2 is 2.13 bits per heavy atom. The van der Waals surface area contributed by atoms with Crippen molar-refractivity contribution in [1.82, 2.24) is 9.88 Å². The second-order valence-corrected chi connectivity index (χ2v) is 3.75. The van der Waals surface area contributed by atoms with Crippen LogP contribution in [0.1, 0.15) is 5.69 Å². The maximum Gasteiger partial charge on any atom is 0.229 e. The first-order chi connectivity index (χ1) is 7.27. The summed E-state index contributed by atoms with van der Waals surface area (Å²) >= 11 is 1.50. The number of carbonyl (C=O) groups excluding carboxylic acids is 1. The molecule has 1 aromatic heterocycles. The molecule has 80 valence electrons. The molecule has 0 aliphatic rings. The van der Waals surface area contributed by atoms with E-state index in [1.165, 1.54) is 11.3 Å². The number of aromatic nitrogens is 1. The molecule has 0 N–H and O–H groups in total. The third-order valence-electron chi connectivity index (χ3n) is 1.87. The molecule has 0 aromatic carbocycles. The Labute approximate surface area is 93.8 Å². The van der Waals surface area contributed by atoms with Crippen LogP contribution < -0.4 is 0 Å². The fraction of sp³-hybridized carbons (Fsp3) is 0.273. The zero-order valence-electron chi connectivity index (χ0n) is 8.56. The molecule has 1 heterocycles. The number of amides is 1. The van der Waals surface area contributed by atoms with Crippen molar-refractivity contribution >= 4 is 17.2 Å². The van der Waals surface area contributed by atoms with Crippen LogP contribution in [0.5, 0.6) is 0 Å². The summed E-state index contributed by atoms with van der Waals surface area (Å²) in [5, 5.41) is 1.89. The average Bonchev–Trinajstić information content (AvgIpc) is 2.70. The highest BCUT2D eigenvalue weighted by Gasteiger charge is 2.11. The molecule has 1 rings (SSSR count). The zero-order valence-corrected chi connectivity index (χ0v) is 9.37. The number of thiazole rings is 1. The Balaban J connectivity index is 2.55. The summed E-state index contributed by atoms with van der Waals surface area (Å²) < 4.78 is 0. The monoisotopic (exact) mass is 222 g/mol. The van der Waals surface area contributed by atoms with Gasteiger partial charge in [0.2, 0.25) is 5.91 Å². The summed E-state index contributed by atoms with van der Waals surface area (Å²) in [7, 11) is 0. The maximum atomic E-state index is 11.8. The third kappa shape index (κ3) is 3.67. The highest BCUT2D eigenvalue weighted by atomic mass is 32.1.